The van der Waals surface area contributed by atoms with Crippen LogP contribution in [0.4, 0.5) is 5.69 Å². The monoisotopic (exact) mass is 335 g/mol. The molecule has 2 rings (SSSR count). The number of carbonyl (C=O) groups is 1. The van der Waals surface area contributed by atoms with Crippen LogP contribution in [-0.4, -0.2) is 22.3 Å². The highest BCUT2D eigenvalue weighted by atomic mass is 35.5. The molecule has 1 N–H and O–H groups in total. The molecule has 5 nitrogen and oxygen atoms in total. The summed E-state index contributed by atoms with van der Waals surface area (Å²) >= 11 is 6.10. The summed E-state index contributed by atoms with van der Waals surface area (Å²) in [5.74, 6) is 0.120. The first-order valence-electron chi connectivity index (χ1n) is 7.82. The van der Waals surface area contributed by atoms with Crippen LogP contribution < -0.4 is 10.1 Å². The minimum Gasteiger partial charge on any atom is -0.476 e. The van der Waals surface area contributed by atoms with Gasteiger partial charge in [-0.15, -0.1) is 5.10 Å². The molecule has 0 saturated carbocycles. The second-order valence-corrected chi connectivity index (χ2v) is 5.78. The second kappa shape index (κ2) is 8.02. The van der Waals surface area contributed by atoms with E-state index in [1.165, 1.54) is 0 Å². The number of halogens is 1. The van der Waals surface area contributed by atoms with Crippen molar-refractivity contribution in [2.75, 3.05) is 11.9 Å². The number of hydrogen-bond acceptors (Lipinski definition) is 3. The van der Waals surface area contributed by atoms with Crippen molar-refractivity contribution in [2.24, 2.45) is 0 Å². The molecule has 0 aliphatic rings. The predicted molar refractivity (Wildman–Crippen MR) is 92.4 cm³/mol. The van der Waals surface area contributed by atoms with Crippen LogP contribution in [0.15, 0.2) is 24.4 Å². The first kappa shape index (κ1) is 17.3. The maximum atomic E-state index is 12.5. The predicted octanol–water partition coefficient (Wildman–Crippen LogP) is 4.30. The van der Waals surface area contributed by atoms with Crippen molar-refractivity contribution in [3.63, 3.8) is 0 Å². The summed E-state index contributed by atoms with van der Waals surface area (Å²) in [6.45, 7) is 7.25. The number of amides is 1. The van der Waals surface area contributed by atoms with E-state index < -0.39 is 0 Å². The van der Waals surface area contributed by atoms with Gasteiger partial charge in [-0.25, -0.2) is 0 Å². The molecule has 1 aromatic carbocycles. The van der Waals surface area contributed by atoms with Crippen molar-refractivity contribution < 1.29 is 9.53 Å². The van der Waals surface area contributed by atoms with Crippen molar-refractivity contribution in [3.8, 4) is 5.88 Å². The lowest BCUT2D eigenvalue weighted by Crippen LogP contribution is -2.13. The molecule has 0 aliphatic heterocycles. The number of aryl methyl sites for hydroxylation is 2. The molecule has 1 heterocycles. The van der Waals surface area contributed by atoms with Gasteiger partial charge in [0.05, 0.1) is 6.61 Å². The van der Waals surface area contributed by atoms with Gasteiger partial charge in [-0.05, 0) is 37.5 Å². The number of hydrogen-bond donors (Lipinski definition) is 1. The van der Waals surface area contributed by atoms with Crippen LogP contribution >= 0.6 is 11.6 Å². The zero-order chi connectivity index (χ0) is 16.8. The van der Waals surface area contributed by atoms with Gasteiger partial charge in [0.15, 0.2) is 0 Å². The maximum Gasteiger partial charge on any atom is 0.262 e. The molecule has 0 aliphatic carbocycles. The van der Waals surface area contributed by atoms with Crippen molar-refractivity contribution >= 4 is 23.2 Å². The molecule has 124 valence electrons. The van der Waals surface area contributed by atoms with E-state index in [0.717, 1.165) is 24.9 Å². The van der Waals surface area contributed by atoms with E-state index in [2.05, 4.69) is 17.3 Å². The first-order valence-corrected chi connectivity index (χ1v) is 8.20. The summed E-state index contributed by atoms with van der Waals surface area (Å²) in [6.07, 6.45) is 3.51. The molecule has 6 heteroatoms. The Bertz CT molecular complexity index is 682. The molecule has 23 heavy (non-hydrogen) atoms. The van der Waals surface area contributed by atoms with Gasteiger partial charge in [0.1, 0.15) is 5.56 Å². The molecule has 0 saturated heterocycles. The van der Waals surface area contributed by atoms with E-state index in [1.807, 2.05) is 26.0 Å². The molecular formula is C17H22ClN3O2. The van der Waals surface area contributed by atoms with Gasteiger partial charge in [0.25, 0.3) is 5.91 Å². The van der Waals surface area contributed by atoms with Crippen molar-refractivity contribution in [3.05, 3.63) is 40.5 Å². The summed E-state index contributed by atoms with van der Waals surface area (Å²) in [5.41, 5.74) is 2.05. The van der Waals surface area contributed by atoms with Gasteiger partial charge in [-0.3, -0.25) is 9.48 Å². The van der Waals surface area contributed by atoms with E-state index in [9.17, 15) is 4.79 Å². The van der Waals surface area contributed by atoms with Crippen LogP contribution in [0, 0.1) is 6.92 Å². The smallest absolute Gasteiger partial charge is 0.262 e. The average molecular weight is 336 g/mol. The molecule has 0 bridgehead atoms. The highest BCUT2D eigenvalue weighted by Gasteiger charge is 2.18. The fraction of sp³-hybridized carbons (Fsp3) is 0.412. The van der Waals surface area contributed by atoms with Gasteiger partial charge in [0, 0.05) is 23.5 Å². The molecular weight excluding hydrogens is 314 g/mol. The number of carbonyl (C=O) groups excluding carboxylic acids is 1. The van der Waals surface area contributed by atoms with Gasteiger partial charge in [-0.2, -0.15) is 0 Å². The maximum absolute atomic E-state index is 12.5. The normalized spacial score (nSPS) is 10.6. The van der Waals surface area contributed by atoms with E-state index in [4.69, 9.17) is 16.3 Å². The summed E-state index contributed by atoms with van der Waals surface area (Å²) in [5, 5.41) is 7.80. The highest BCUT2D eigenvalue weighted by molar-refractivity contribution is 6.31. The van der Waals surface area contributed by atoms with Gasteiger partial charge < -0.3 is 10.1 Å². The number of nitrogens with zero attached hydrogens (tertiary/aromatic N) is 2. The Morgan fingerprint density at radius 2 is 2.13 bits per heavy atom. The van der Waals surface area contributed by atoms with Crippen LogP contribution in [0.2, 0.25) is 5.02 Å². The molecule has 0 atom stereocenters. The van der Waals surface area contributed by atoms with Crippen LogP contribution in [-0.2, 0) is 6.54 Å². The molecule has 0 unspecified atom stereocenters. The Kier molecular flexibility index (Phi) is 6.04. The Hall–Kier alpha value is -2.01. The lowest BCUT2D eigenvalue weighted by atomic mass is 10.2. The third kappa shape index (κ3) is 4.48. The standard InChI is InChI=1S/C17H22ClN3O2/c1-4-8-21-11-14(17(20-21)23-9-5-2)16(22)19-13-7-6-12(3)15(18)10-13/h6-7,10-11H,4-5,8-9H2,1-3H3,(H,19,22). The lowest BCUT2D eigenvalue weighted by molar-refractivity contribution is 0.102. The van der Waals surface area contributed by atoms with Gasteiger partial charge in [0.2, 0.25) is 5.88 Å². The summed E-state index contributed by atoms with van der Waals surface area (Å²) in [7, 11) is 0. The number of benzene rings is 1. The molecule has 1 aromatic heterocycles. The number of anilines is 1. The van der Waals surface area contributed by atoms with E-state index >= 15 is 0 Å². The van der Waals surface area contributed by atoms with E-state index in [1.54, 1.807) is 16.9 Å². The van der Waals surface area contributed by atoms with E-state index in [-0.39, 0.29) is 5.91 Å². The second-order valence-electron chi connectivity index (χ2n) is 5.38. The Labute approximate surface area is 141 Å². The van der Waals surface area contributed by atoms with E-state index in [0.29, 0.717) is 28.8 Å². The molecule has 0 radical (unpaired) electrons. The third-order valence-corrected chi connectivity index (χ3v) is 3.70. The van der Waals surface area contributed by atoms with Crippen molar-refractivity contribution in [2.45, 2.75) is 40.2 Å². The summed E-state index contributed by atoms with van der Waals surface area (Å²) in [6, 6.07) is 5.42. The minimum absolute atomic E-state index is 0.252. The zero-order valence-electron chi connectivity index (χ0n) is 13.7. The fourth-order valence-electron chi connectivity index (χ4n) is 2.08. The summed E-state index contributed by atoms with van der Waals surface area (Å²) < 4.78 is 7.33. The largest absolute Gasteiger partial charge is 0.476 e. The van der Waals surface area contributed by atoms with Crippen LogP contribution in [0.1, 0.15) is 42.6 Å². The van der Waals surface area contributed by atoms with Crippen LogP contribution in [0.5, 0.6) is 5.88 Å². The number of ether oxygens (including phenoxy) is 1. The molecule has 0 fully saturated rings. The van der Waals surface area contributed by atoms with Gasteiger partial charge >= 0.3 is 0 Å². The van der Waals surface area contributed by atoms with Crippen molar-refractivity contribution in [1.29, 1.82) is 0 Å². The number of rotatable bonds is 7. The van der Waals surface area contributed by atoms with Gasteiger partial charge in [-0.1, -0.05) is 31.5 Å². The Balaban J connectivity index is 2.20. The minimum atomic E-state index is -0.252. The first-order chi connectivity index (χ1) is 11.0. The SMILES string of the molecule is CCCOc1nn(CCC)cc1C(=O)Nc1ccc(C)c(Cl)c1. The number of aromatic nitrogens is 2. The zero-order valence-corrected chi connectivity index (χ0v) is 14.5. The molecule has 2 aromatic rings. The molecule has 1 amide bonds. The van der Waals surface area contributed by atoms with Crippen LogP contribution in [0.25, 0.3) is 0 Å². The third-order valence-electron chi connectivity index (χ3n) is 3.30. The summed E-state index contributed by atoms with van der Waals surface area (Å²) in [4.78, 5) is 12.5. The topological polar surface area (TPSA) is 56.2 Å². The quantitative estimate of drug-likeness (QED) is 0.820. The fourth-order valence-corrected chi connectivity index (χ4v) is 2.26. The highest BCUT2D eigenvalue weighted by Crippen LogP contribution is 2.22. The Morgan fingerprint density at radius 1 is 1.35 bits per heavy atom. The Morgan fingerprint density at radius 3 is 2.78 bits per heavy atom. The lowest BCUT2D eigenvalue weighted by Gasteiger charge is -2.07. The number of nitrogens with one attached hydrogen (secondary N) is 1. The molecule has 0 spiro atoms. The van der Waals surface area contributed by atoms with Crippen LogP contribution in [0.3, 0.4) is 0 Å². The van der Waals surface area contributed by atoms with Crippen molar-refractivity contribution in [1.82, 2.24) is 9.78 Å². The average Bonchev–Trinajstić information content (AvgIpc) is 2.92.